The number of rotatable bonds is 6. The Balaban J connectivity index is 1.83. The molecule has 24 heavy (non-hydrogen) atoms. The molecule has 130 valence electrons. The zero-order valence-electron chi connectivity index (χ0n) is 14.0. The van der Waals surface area contributed by atoms with Gasteiger partial charge < -0.3 is 9.30 Å². The van der Waals surface area contributed by atoms with Crippen molar-refractivity contribution in [2.45, 2.75) is 45.1 Å². The highest BCUT2D eigenvalue weighted by atomic mass is 79.9. The summed E-state index contributed by atoms with van der Waals surface area (Å²) in [5.41, 5.74) is 1.10. The van der Waals surface area contributed by atoms with Crippen molar-refractivity contribution < 1.29 is 9.53 Å². The summed E-state index contributed by atoms with van der Waals surface area (Å²) in [6.45, 7) is 1.30. The van der Waals surface area contributed by atoms with E-state index >= 15 is 0 Å². The van der Waals surface area contributed by atoms with Crippen LogP contribution in [0.15, 0.2) is 27.7 Å². The predicted octanol–water partition coefficient (Wildman–Crippen LogP) is 4.51. The lowest BCUT2D eigenvalue weighted by Gasteiger charge is -2.06. The van der Waals surface area contributed by atoms with Crippen molar-refractivity contribution in [2.75, 3.05) is 13.7 Å². The molecule has 1 amide bonds. The first-order valence-corrected chi connectivity index (χ1v) is 10.1. The van der Waals surface area contributed by atoms with E-state index in [1.165, 1.54) is 25.7 Å². The van der Waals surface area contributed by atoms with E-state index < -0.39 is 0 Å². The molecular weight excluding hydrogens is 388 g/mol. The largest absolute Gasteiger partial charge is 0.383 e. The van der Waals surface area contributed by atoms with Crippen LogP contribution in [-0.2, 0) is 16.1 Å². The molecule has 1 aliphatic carbocycles. The number of carbonyl (C=O) groups excluding carboxylic acids is 1. The summed E-state index contributed by atoms with van der Waals surface area (Å²) in [7, 11) is 1.69. The normalized spacial score (nSPS) is 16.3. The Hall–Kier alpha value is -0.980. The second-order valence-electron chi connectivity index (χ2n) is 6.34. The summed E-state index contributed by atoms with van der Waals surface area (Å²) in [4.78, 5) is 17.5. The van der Waals surface area contributed by atoms with Gasteiger partial charge in [0.2, 0.25) is 5.91 Å². The topological polar surface area (TPSA) is 43.6 Å². The number of hydrogen-bond donors (Lipinski definition) is 0. The van der Waals surface area contributed by atoms with Crippen LogP contribution in [0.25, 0.3) is 10.2 Å². The summed E-state index contributed by atoms with van der Waals surface area (Å²) in [6.07, 6.45) is 6.73. The van der Waals surface area contributed by atoms with Crippen LogP contribution in [0.2, 0.25) is 0 Å². The monoisotopic (exact) mass is 410 g/mol. The number of nitrogens with zero attached hydrogens (tertiary/aromatic N) is 2. The number of amides is 1. The Morgan fingerprint density at radius 2 is 2.21 bits per heavy atom. The third-order valence-corrected chi connectivity index (χ3v) is 6.16. The molecule has 0 spiro atoms. The van der Waals surface area contributed by atoms with E-state index in [-0.39, 0.29) is 5.91 Å². The summed E-state index contributed by atoms with van der Waals surface area (Å²) in [5.74, 6) is 0.724. The number of ether oxygens (including phenoxy) is 1. The first-order chi connectivity index (χ1) is 11.7. The van der Waals surface area contributed by atoms with Crippen LogP contribution >= 0.6 is 27.3 Å². The molecule has 1 saturated carbocycles. The molecule has 0 radical (unpaired) electrons. The minimum Gasteiger partial charge on any atom is -0.383 e. The van der Waals surface area contributed by atoms with E-state index in [1.807, 2.05) is 6.07 Å². The van der Waals surface area contributed by atoms with Gasteiger partial charge in [0.25, 0.3) is 0 Å². The molecule has 4 nitrogen and oxygen atoms in total. The van der Waals surface area contributed by atoms with Crippen molar-refractivity contribution in [3.63, 3.8) is 0 Å². The van der Waals surface area contributed by atoms with Crippen molar-refractivity contribution in [1.82, 2.24) is 4.57 Å². The number of benzene rings is 1. The number of thiazole rings is 1. The molecule has 0 unspecified atom stereocenters. The van der Waals surface area contributed by atoms with Crippen LogP contribution in [0.3, 0.4) is 0 Å². The minimum atomic E-state index is -0.00121. The van der Waals surface area contributed by atoms with E-state index in [2.05, 4.69) is 37.6 Å². The quantitative estimate of drug-likeness (QED) is 0.702. The third-order valence-electron chi connectivity index (χ3n) is 4.63. The Morgan fingerprint density at radius 3 is 2.96 bits per heavy atom. The number of aromatic nitrogens is 1. The highest BCUT2D eigenvalue weighted by molar-refractivity contribution is 9.10. The first kappa shape index (κ1) is 17.8. The molecule has 1 heterocycles. The highest BCUT2D eigenvalue weighted by Crippen LogP contribution is 2.28. The first-order valence-electron chi connectivity index (χ1n) is 8.53. The summed E-state index contributed by atoms with van der Waals surface area (Å²) in [6, 6.07) is 6.16. The highest BCUT2D eigenvalue weighted by Gasteiger charge is 2.16. The zero-order chi connectivity index (χ0) is 16.9. The fourth-order valence-corrected chi connectivity index (χ4v) is 4.95. The van der Waals surface area contributed by atoms with Crippen LogP contribution in [0.5, 0.6) is 0 Å². The molecule has 1 fully saturated rings. The van der Waals surface area contributed by atoms with Crippen LogP contribution < -0.4 is 4.80 Å². The van der Waals surface area contributed by atoms with Gasteiger partial charge >= 0.3 is 0 Å². The average Bonchev–Trinajstić information content (AvgIpc) is 3.18. The molecule has 0 bridgehead atoms. The van der Waals surface area contributed by atoms with Gasteiger partial charge in [0, 0.05) is 24.5 Å². The van der Waals surface area contributed by atoms with E-state index in [1.54, 1.807) is 18.4 Å². The smallest absolute Gasteiger partial charge is 0.248 e. The van der Waals surface area contributed by atoms with E-state index in [0.717, 1.165) is 31.8 Å². The maximum Gasteiger partial charge on any atom is 0.248 e. The van der Waals surface area contributed by atoms with Crippen molar-refractivity contribution in [3.05, 3.63) is 27.5 Å². The van der Waals surface area contributed by atoms with E-state index in [4.69, 9.17) is 4.74 Å². The Kier molecular flexibility index (Phi) is 6.25. The molecule has 3 rings (SSSR count). The zero-order valence-corrected chi connectivity index (χ0v) is 16.4. The molecule has 0 saturated heterocycles. The second kappa shape index (κ2) is 8.41. The number of halogens is 1. The molecule has 0 N–H and O–H groups in total. The Morgan fingerprint density at radius 1 is 1.42 bits per heavy atom. The van der Waals surface area contributed by atoms with Crippen molar-refractivity contribution in [3.8, 4) is 0 Å². The average molecular weight is 411 g/mol. The molecule has 1 aliphatic rings. The maximum absolute atomic E-state index is 12.3. The van der Waals surface area contributed by atoms with Crippen molar-refractivity contribution >= 4 is 43.4 Å². The Bertz CT molecular complexity index is 775. The minimum absolute atomic E-state index is 0.00121. The van der Waals surface area contributed by atoms with Crippen molar-refractivity contribution in [1.29, 1.82) is 0 Å². The van der Waals surface area contributed by atoms with Gasteiger partial charge in [-0.05, 0) is 30.5 Å². The van der Waals surface area contributed by atoms with Crippen LogP contribution in [0, 0.1) is 5.92 Å². The molecular formula is C18H23BrN2O2S. The van der Waals surface area contributed by atoms with Gasteiger partial charge in [-0.25, -0.2) is 0 Å². The van der Waals surface area contributed by atoms with E-state index in [9.17, 15) is 4.79 Å². The summed E-state index contributed by atoms with van der Waals surface area (Å²) in [5, 5.41) is 0. The fraction of sp³-hybridized carbons (Fsp3) is 0.556. The lowest BCUT2D eigenvalue weighted by Crippen LogP contribution is -2.19. The SMILES string of the molecule is COCCn1c(=NC(=O)CCC2CCCC2)sc2cc(Br)ccc21. The second-order valence-corrected chi connectivity index (χ2v) is 8.26. The maximum atomic E-state index is 12.3. The molecule has 0 atom stereocenters. The molecule has 2 aromatic rings. The van der Waals surface area contributed by atoms with Gasteiger partial charge in [-0.1, -0.05) is 53.0 Å². The van der Waals surface area contributed by atoms with Gasteiger partial charge in [0.15, 0.2) is 4.80 Å². The van der Waals surface area contributed by atoms with Crippen LogP contribution in [0.1, 0.15) is 38.5 Å². The van der Waals surface area contributed by atoms with E-state index in [0.29, 0.717) is 19.6 Å². The third kappa shape index (κ3) is 4.35. The molecule has 0 aliphatic heterocycles. The van der Waals surface area contributed by atoms with Gasteiger partial charge in [-0.3, -0.25) is 4.79 Å². The molecule has 1 aromatic heterocycles. The summed E-state index contributed by atoms with van der Waals surface area (Å²) >= 11 is 5.07. The fourth-order valence-electron chi connectivity index (χ4n) is 3.32. The van der Waals surface area contributed by atoms with Gasteiger partial charge in [0.1, 0.15) is 0 Å². The number of carbonyl (C=O) groups is 1. The number of fused-ring (bicyclic) bond motifs is 1. The predicted molar refractivity (Wildman–Crippen MR) is 101 cm³/mol. The number of methoxy groups -OCH3 is 1. The number of hydrogen-bond acceptors (Lipinski definition) is 3. The lowest BCUT2D eigenvalue weighted by atomic mass is 10.0. The lowest BCUT2D eigenvalue weighted by molar-refractivity contribution is -0.118. The van der Waals surface area contributed by atoms with Crippen LogP contribution in [-0.4, -0.2) is 24.2 Å². The van der Waals surface area contributed by atoms with Gasteiger partial charge in [0.05, 0.1) is 16.8 Å². The molecule has 6 heteroatoms. The van der Waals surface area contributed by atoms with Crippen molar-refractivity contribution in [2.24, 2.45) is 10.9 Å². The molecule has 1 aromatic carbocycles. The summed E-state index contributed by atoms with van der Waals surface area (Å²) < 4.78 is 9.46. The van der Waals surface area contributed by atoms with Crippen LogP contribution in [0.4, 0.5) is 0 Å². The van der Waals surface area contributed by atoms with Gasteiger partial charge in [-0.2, -0.15) is 4.99 Å². The standard InChI is InChI=1S/C18H23BrN2O2S/c1-23-11-10-21-15-8-7-14(19)12-16(15)24-18(21)20-17(22)9-6-13-4-2-3-5-13/h7-8,12-13H,2-6,9-11H2,1H3. The van der Waals surface area contributed by atoms with Gasteiger partial charge in [-0.15, -0.1) is 0 Å². The Labute approximate surface area is 154 Å².